The van der Waals surface area contributed by atoms with Gasteiger partial charge in [-0.15, -0.1) is 0 Å². The van der Waals surface area contributed by atoms with Crippen molar-refractivity contribution in [3.05, 3.63) is 36.5 Å². The van der Waals surface area contributed by atoms with Gasteiger partial charge in [0, 0.05) is 45.5 Å². The summed E-state index contributed by atoms with van der Waals surface area (Å²) in [6.45, 7) is 3.03. The topological polar surface area (TPSA) is 90.3 Å². The number of ether oxygens (including phenoxy) is 2. The summed E-state index contributed by atoms with van der Waals surface area (Å²) in [5.74, 6) is 2.33. The first kappa shape index (κ1) is 18.2. The van der Waals surface area contributed by atoms with Crippen LogP contribution < -0.4 is 15.4 Å². The largest absolute Gasteiger partial charge is 0.457 e. The standard InChI is InChI=1S/C20H23N5O3/c1-13(26)23-19-11-15(7-8-21-19)28-14-5-6-18-17(10-14)24-20(25(18)2)22-12-16-4-3-9-27-16/h5-8,10-11,16H,3-4,9,12H2,1-2H3,(H,22,24)(H,21,23,26). The highest BCUT2D eigenvalue weighted by molar-refractivity contribution is 5.87. The van der Waals surface area contributed by atoms with E-state index >= 15 is 0 Å². The number of aryl methyl sites for hydroxylation is 1. The number of carbonyl (C=O) groups excluding carboxylic acids is 1. The summed E-state index contributed by atoms with van der Waals surface area (Å²) < 4.78 is 13.6. The van der Waals surface area contributed by atoms with E-state index in [0.717, 1.165) is 43.0 Å². The zero-order valence-corrected chi connectivity index (χ0v) is 15.9. The number of pyridine rings is 1. The summed E-state index contributed by atoms with van der Waals surface area (Å²) in [5, 5.41) is 6.02. The van der Waals surface area contributed by atoms with Gasteiger partial charge in [-0.05, 0) is 31.0 Å². The summed E-state index contributed by atoms with van der Waals surface area (Å²) in [7, 11) is 1.98. The Bertz CT molecular complexity index is 995. The van der Waals surface area contributed by atoms with Crippen LogP contribution in [0.4, 0.5) is 11.8 Å². The molecule has 1 amide bonds. The number of anilines is 2. The molecular formula is C20H23N5O3. The van der Waals surface area contributed by atoms with Crippen LogP contribution in [0.15, 0.2) is 36.5 Å². The molecule has 0 spiro atoms. The Balaban J connectivity index is 1.50. The molecule has 1 aromatic carbocycles. The van der Waals surface area contributed by atoms with Crippen LogP contribution in [-0.2, 0) is 16.6 Å². The average molecular weight is 381 g/mol. The molecule has 0 aliphatic carbocycles. The van der Waals surface area contributed by atoms with E-state index in [2.05, 4.69) is 20.6 Å². The number of benzene rings is 1. The van der Waals surface area contributed by atoms with Gasteiger partial charge in [0.05, 0.1) is 17.1 Å². The molecule has 8 nitrogen and oxygen atoms in total. The van der Waals surface area contributed by atoms with E-state index in [4.69, 9.17) is 9.47 Å². The van der Waals surface area contributed by atoms with Crippen LogP contribution >= 0.6 is 0 Å². The number of aromatic nitrogens is 3. The molecule has 8 heteroatoms. The Kier molecular flexibility index (Phi) is 5.12. The molecule has 0 radical (unpaired) electrons. The van der Waals surface area contributed by atoms with Gasteiger partial charge in [0.2, 0.25) is 11.9 Å². The average Bonchev–Trinajstić information content (AvgIpc) is 3.28. The first-order chi connectivity index (χ1) is 13.6. The van der Waals surface area contributed by atoms with Crippen molar-refractivity contribution in [1.82, 2.24) is 14.5 Å². The van der Waals surface area contributed by atoms with Crippen LogP contribution in [0.1, 0.15) is 19.8 Å². The number of carbonyl (C=O) groups is 1. The number of rotatable bonds is 6. The van der Waals surface area contributed by atoms with Crippen LogP contribution in [-0.4, -0.2) is 39.7 Å². The van der Waals surface area contributed by atoms with Crippen molar-refractivity contribution in [3.63, 3.8) is 0 Å². The molecule has 0 bridgehead atoms. The van der Waals surface area contributed by atoms with Gasteiger partial charge in [0.15, 0.2) is 0 Å². The minimum absolute atomic E-state index is 0.178. The second kappa shape index (κ2) is 7.85. The quantitative estimate of drug-likeness (QED) is 0.681. The fourth-order valence-corrected chi connectivity index (χ4v) is 3.27. The van der Waals surface area contributed by atoms with Gasteiger partial charge in [0.1, 0.15) is 17.3 Å². The van der Waals surface area contributed by atoms with Crippen molar-refractivity contribution in [2.24, 2.45) is 7.05 Å². The minimum Gasteiger partial charge on any atom is -0.457 e. The molecule has 1 saturated heterocycles. The van der Waals surface area contributed by atoms with E-state index in [1.165, 1.54) is 6.92 Å². The molecular weight excluding hydrogens is 358 g/mol. The normalized spacial score (nSPS) is 16.3. The van der Waals surface area contributed by atoms with Crippen LogP contribution in [0.2, 0.25) is 0 Å². The number of nitrogens with zero attached hydrogens (tertiary/aromatic N) is 3. The highest BCUT2D eigenvalue weighted by atomic mass is 16.5. The second-order valence-electron chi connectivity index (χ2n) is 6.82. The van der Waals surface area contributed by atoms with Crippen molar-refractivity contribution >= 4 is 28.7 Å². The number of amides is 1. The highest BCUT2D eigenvalue weighted by Gasteiger charge is 2.16. The van der Waals surface area contributed by atoms with Gasteiger partial charge in [-0.1, -0.05) is 0 Å². The summed E-state index contributed by atoms with van der Waals surface area (Å²) in [6, 6.07) is 9.18. The van der Waals surface area contributed by atoms with Crippen molar-refractivity contribution in [2.45, 2.75) is 25.9 Å². The Hall–Kier alpha value is -3.13. The lowest BCUT2D eigenvalue weighted by atomic mass is 10.2. The predicted molar refractivity (Wildman–Crippen MR) is 107 cm³/mol. The lowest BCUT2D eigenvalue weighted by Crippen LogP contribution is -2.20. The molecule has 146 valence electrons. The molecule has 2 aromatic heterocycles. The van der Waals surface area contributed by atoms with E-state index in [9.17, 15) is 4.79 Å². The predicted octanol–water partition coefficient (Wildman–Crippen LogP) is 3.31. The summed E-state index contributed by atoms with van der Waals surface area (Å²) in [5.41, 5.74) is 1.85. The number of imidazole rings is 1. The molecule has 1 unspecified atom stereocenters. The molecule has 4 rings (SSSR count). The smallest absolute Gasteiger partial charge is 0.222 e. The Morgan fingerprint density at radius 2 is 2.18 bits per heavy atom. The maximum Gasteiger partial charge on any atom is 0.222 e. The van der Waals surface area contributed by atoms with Gasteiger partial charge in [0.25, 0.3) is 0 Å². The second-order valence-corrected chi connectivity index (χ2v) is 6.82. The Labute approximate surface area is 162 Å². The molecule has 1 fully saturated rings. The molecule has 28 heavy (non-hydrogen) atoms. The Morgan fingerprint density at radius 1 is 1.32 bits per heavy atom. The SMILES string of the molecule is CC(=O)Nc1cc(Oc2ccc3c(c2)nc(NCC2CCCO2)n3C)ccn1. The summed E-state index contributed by atoms with van der Waals surface area (Å²) >= 11 is 0. The molecule has 2 N–H and O–H groups in total. The molecule has 1 aliphatic heterocycles. The van der Waals surface area contributed by atoms with E-state index in [1.807, 2.05) is 29.8 Å². The highest BCUT2D eigenvalue weighted by Crippen LogP contribution is 2.28. The molecule has 3 heterocycles. The summed E-state index contributed by atoms with van der Waals surface area (Å²) in [4.78, 5) is 20.0. The van der Waals surface area contributed by atoms with Crippen LogP contribution in [0, 0.1) is 0 Å². The van der Waals surface area contributed by atoms with E-state index in [0.29, 0.717) is 17.3 Å². The zero-order chi connectivity index (χ0) is 19.5. The van der Waals surface area contributed by atoms with Crippen molar-refractivity contribution < 1.29 is 14.3 Å². The van der Waals surface area contributed by atoms with Crippen LogP contribution in [0.25, 0.3) is 11.0 Å². The van der Waals surface area contributed by atoms with Gasteiger partial charge in [-0.3, -0.25) is 4.79 Å². The minimum atomic E-state index is -0.178. The first-order valence-electron chi connectivity index (χ1n) is 9.32. The first-order valence-corrected chi connectivity index (χ1v) is 9.32. The fourth-order valence-electron chi connectivity index (χ4n) is 3.27. The lowest BCUT2D eigenvalue weighted by Gasteiger charge is -2.11. The number of hydrogen-bond acceptors (Lipinski definition) is 6. The third-order valence-corrected chi connectivity index (χ3v) is 4.64. The van der Waals surface area contributed by atoms with Crippen molar-refractivity contribution in [1.29, 1.82) is 0 Å². The fraction of sp³-hybridized carbons (Fsp3) is 0.350. The van der Waals surface area contributed by atoms with E-state index < -0.39 is 0 Å². The van der Waals surface area contributed by atoms with Gasteiger partial charge in [-0.25, -0.2) is 9.97 Å². The van der Waals surface area contributed by atoms with Gasteiger partial charge < -0.3 is 24.7 Å². The van der Waals surface area contributed by atoms with Gasteiger partial charge in [-0.2, -0.15) is 0 Å². The summed E-state index contributed by atoms with van der Waals surface area (Å²) in [6.07, 6.45) is 4.05. The maximum atomic E-state index is 11.2. The van der Waals surface area contributed by atoms with Crippen molar-refractivity contribution in [3.8, 4) is 11.5 Å². The van der Waals surface area contributed by atoms with E-state index in [1.54, 1.807) is 18.3 Å². The third kappa shape index (κ3) is 4.07. The Morgan fingerprint density at radius 3 is 2.96 bits per heavy atom. The number of fused-ring (bicyclic) bond motifs is 1. The molecule has 1 atom stereocenters. The molecule has 0 saturated carbocycles. The monoisotopic (exact) mass is 381 g/mol. The molecule has 1 aliphatic rings. The lowest BCUT2D eigenvalue weighted by molar-refractivity contribution is -0.114. The van der Waals surface area contributed by atoms with Gasteiger partial charge >= 0.3 is 0 Å². The molecule has 3 aromatic rings. The van der Waals surface area contributed by atoms with Crippen molar-refractivity contribution in [2.75, 3.05) is 23.8 Å². The number of hydrogen-bond donors (Lipinski definition) is 2. The van der Waals surface area contributed by atoms with E-state index in [-0.39, 0.29) is 12.0 Å². The zero-order valence-electron chi connectivity index (χ0n) is 15.9. The van der Waals surface area contributed by atoms with Crippen LogP contribution in [0.3, 0.4) is 0 Å². The maximum absolute atomic E-state index is 11.2. The third-order valence-electron chi connectivity index (χ3n) is 4.64. The van der Waals surface area contributed by atoms with Crippen LogP contribution in [0.5, 0.6) is 11.5 Å². The number of nitrogens with one attached hydrogen (secondary N) is 2.